The first-order valence-electron chi connectivity index (χ1n) is 12.6. The Labute approximate surface area is 237 Å². The monoisotopic (exact) mass is 587 g/mol. The molecular formula is C26H28F3N9O4. The van der Waals surface area contributed by atoms with Gasteiger partial charge in [-0.25, -0.2) is 4.79 Å². The van der Waals surface area contributed by atoms with Crippen molar-refractivity contribution in [3.8, 4) is 6.01 Å². The number of carbonyl (C=O) groups excluding carboxylic acids is 1. The predicted octanol–water partition coefficient (Wildman–Crippen LogP) is 2.42. The average Bonchev–Trinajstić information content (AvgIpc) is 3.70. The van der Waals surface area contributed by atoms with Crippen LogP contribution in [0.5, 0.6) is 6.01 Å². The van der Waals surface area contributed by atoms with Gasteiger partial charge >= 0.3 is 18.2 Å². The summed E-state index contributed by atoms with van der Waals surface area (Å²) in [7, 11) is 0. The molecule has 1 aliphatic carbocycles. The fourth-order valence-corrected chi connectivity index (χ4v) is 3.83. The van der Waals surface area contributed by atoms with E-state index < -0.39 is 42.3 Å². The Morgan fingerprint density at radius 2 is 1.69 bits per heavy atom. The molecule has 1 aliphatic rings. The topological polar surface area (TPSA) is 203 Å². The van der Waals surface area contributed by atoms with E-state index in [4.69, 9.17) is 16.2 Å². The number of benzene rings is 2. The highest BCUT2D eigenvalue weighted by Gasteiger charge is 2.45. The number of guanidine groups is 1. The van der Waals surface area contributed by atoms with Gasteiger partial charge in [0, 0.05) is 11.3 Å². The quantitative estimate of drug-likeness (QED) is 0.134. The minimum absolute atomic E-state index is 0.0132. The number of anilines is 3. The van der Waals surface area contributed by atoms with E-state index in [1.807, 2.05) is 31.2 Å². The third kappa shape index (κ3) is 8.18. The van der Waals surface area contributed by atoms with E-state index in [1.54, 1.807) is 0 Å². The van der Waals surface area contributed by atoms with E-state index in [9.17, 15) is 27.9 Å². The van der Waals surface area contributed by atoms with Crippen molar-refractivity contribution in [1.82, 2.24) is 20.3 Å². The van der Waals surface area contributed by atoms with E-state index in [2.05, 4.69) is 35.9 Å². The lowest BCUT2D eigenvalue weighted by Gasteiger charge is -2.19. The van der Waals surface area contributed by atoms with Crippen molar-refractivity contribution in [2.45, 2.75) is 37.5 Å². The van der Waals surface area contributed by atoms with Crippen molar-refractivity contribution < 1.29 is 32.6 Å². The number of hydrogen-bond acceptors (Lipinski definition) is 9. The van der Waals surface area contributed by atoms with E-state index in [0.717, 1.165) is 24.0 Å². The Morgan fingerprint density at radius 1 is 1.05 bits per heavy atom. The maximum atomic E-state index is 12.8. The fourth-order valence-electron chi connectivity index (χ4n) is 3.83. The van der Waals surface area contributed by atoms with Gasteiger partial charge in [0.2, 0.25) is 11.9 Å². The number of aliphatic carboxylic acids is 1. The molecule has 16 heteroatoms. The molecule has 3 aromatic rings. The number of nitrogens with two attached hydrogens (primary N) is 2. The Bertz CT molecular complexity index is 1460. The number of aliphatic imine (C=N–C) groups is 1. The van der Waals surface area contributed by atoms with Crippen molar-refractivity contribution in [1.29, 1.82) is 0 Å². The summed E-state index contributed by atoms with van der Waals surface area (Å²) in [5, 5.41) is 17.7. The molecule has 0 aliphatic heterocycles. The number of carbonyl (C=O) groups is 2. The minimum Gasteiger partial charge on any atom is -0.480 e. The van der Waals surface area contributed by atoms with E-state index in [0.29, 0.717) is 5.69 Å². The molecule has 222 valence electrons. The molecular weight excluding hydrogens is 559 g/mol. The zero-order valence-corrected chi connectivity index (χ0v) is 22.3. The van der Waals surface area contributed by atoms with Gasteiger partial charge in [0.1, 0.15) is 6.04 Å². The lowest BCUT2D eigenvalue weighted by Crippen LogP contribution is -2.43. The summed E-state index contributed by atoms with van der Waals surface area (Å²) in [5.74, 6) is -2.44. The lowest BCUT2D eigenvalue weighted by molar-refractivity contribution is -0.154. The van der Waals surface area contributed by atoms with Crippen LogP contribution >= 0.6 is 0 Å². The molecule has 1 amide bonds. The van der Waals surface area contributed by atoms with E-state index >= 15 is 0 Å². The molecule has 0 unspecified atom stereocenters. The van der Waals surface area contributed by atoms with Gasteiger partial charge in [-0.05, 0) is 49.6 Å². The van der Waals surface area contributed by atoms with Crippen LogP contribution in [0.25, 0.3) is 0 Å². The van der Waals surface area contributed by atoms with Gasteiger partial charge in [0.25, 0.3) is 5.91 Å². The molecule has 2 aromatic carbocycles. The molecule has 1 fully saturated rings. The zero-order chi connectivity index (χ0) is 30.5. The second-order valence-electron chi connectivity index (χ2n) is 9.57. The number of aryl methyl sites for hydroxylation is 1. The Kier molecular flexibility index (Phi) is 8.63. The first-order chi connectivity index (χ1) is 19.8. The number of carboxylic acid groups (broad SMARTS) is 1. The van der Waals surface area contributed by atoms with E-state index in [-0.39, 0.29) is 30.0 Å². The highest BCUT2D eigenvalue weighted by atomic mass is 19.4. The summed E-state index contributed by atoms with van der Waals surface area (Å²) in [6.45, 7) is 0.0118. The number of ether oxygens (including phenoxy) is 1. The SMILES string of the molecule is Cc1ccc(C2(Nc3nc(Nc4ccc(C(=O)N[C@@H](CN=C(N)N)C(=O)O)cc4)nc(OCC(F)(F)F)n3)CC2)cc1. The van der Waals surface area contributed by atoms with Crippen LogP contribution in [0, 0.1) is 6.92 Å². The van der Waals surface area contributed by atoms with Crippen molar-refractivity contribution >= 4 is 35.4 Å². The summed E-state index contributed by atoms with van der Waals surface area (Å²) < 4.78 is 43.3. The van der Waals surface area contributed by atoms with Crippen LogP contribution < -0.4 is 32.2 Å². The Balaban J connectivity index is 1.51. The van der Waals surface area contributed by atoms with Gasteiger partial charge in [-0.1, -0.05) is 29.8 Å². The van der Waals surface area contributed by atoms with Gasteiger partial charge in [-0.2, -0.15) is 28.1 Å². The first-order valence-corrected chi connectivity index (χ1v) is 12.6. The molecule has 4 rings (SSSR count). The number of nitrogens with one attached hydrogen (secondary N) is 3. The molecule has 13 nitrogen and oxygen atoms in total. The molecule has 1 aromatic heterocycles. The largest absolute Gasteiger partial charge is 0.480 e. The van der Waals surface area contributed by atoms with Crippen molar-refractivity contribution in [2.75, 3.05) is 23.8 Å². The van der Waals surface area contributed by atoms with Gasteiger partial charge in [0.15, 0.2) is 12.6 Å². The van der Waals surface area contributed by atoms with Gasteiger partial charge < -0.3 is 37.3 Å². The van der Waals surface area contributed by atoms with Gasteiger partial charge in [-0.15, -0.1) is 0 Å². The van der Waals surface area contributed by atoms with Crippen LogP contribution in [0.4, 0.5) is 30.8 Å². The predicted molar refractivity (Wildman–Crippen MR) is 146 cm³/mol. The van der Waals surface area contributed by atoms with Crippen LogP contribution in [0.3, 0.4) is 0 Å². The molecule has 0 bridgehead atoms. The summed E-state index contributed by atoms with van der Waals surface area (Å²) >= 11 is 0. The second-order valence-corrected chi connectivity index (χ2v) is 9.57. The second kappa shape index (κ2) is 12.2. The number of nitrogens with zero attached hydrogens (tertiary/aromatic N) is 4. The molecule has 1 saturated carbocycles. The maximum absolute atomic E-state index is 12.8. The number of rotatable bonds is 12. The summed E-state index contributed by atoms with van der Waals surface area (Å²) in [6, 6.07) is 11.7. The molecule has 0 saturated heterocycles. The number of aromatic nitrogens is 3. The van der Waals surface area contributed by atoms with Crippen LogP contribution in [0.15, 0.2) is 53.5 Å². The summed E-state index contributed by atoms with van der Waals surface area (Å²) in [4.78, 5) is 39.8. The molecule has 8 N–H and O–H groups in total. The van der Waals surface area contributed by atoms with Crippen LogP contribution in [-0.4, -0.2) is 63.3 Å². The Morgan fingerprint density at radius 3 is 2.26 bits per heavy atom. The number of carboxylic acids is 1. The standard InChI is InChI=1S/C26H28F3N9O4/c1-14-2-6-16(7-3-14)25(10-11-25)38-23-35-22(36-24(37-23)42-13-26(27,28)29)33-17-8-4-15(5-9-17)19(39)34-18(20(40)41)12-32-21(30)31/h2-9,18H,10-13H2,1H3,(H,34,39)(H,40,41)(H4,30,31,32)(H2,33,35,36,37,38)/t18-/m0/s1. The lowest BCUT2D eigenvalue weighted by atomic mass is 10.0. The highest BCUT2D eigenvalue weighted by molar-refractivity contribution is 5.97. The summed E-state index contributed by atoms with van der Waals surface area (Å²) in [6.07, 6.45) is -3.07. The van der Waals surface area contributed by atoms with Crippen LogP contribution in [0.1, 0.15) is 34.3 Å². The molecule has 0 radical (unpaired) electrons. The van der Waals surface area contributed by atoms with E-state index in [1.165, 1.54) is 24.3 Å². The van der Waals surface area contributed by atoms with Crippen molar-refractivity contribution in [3.63, 3.8) is 0 Å². The van der Waals surface area contributed by atoms with Crippen LogP contribution in [0.2, 0.25) is 0 Å². The third-order valence-electron chi connectivity index (χ3n) is 6.15. The number of hydrogen-bond donors (Lipinski definition) is 6. The van der Waals surface area contributed by atoms with Crippen molar-refractivity contribution in [2.24, 2.45) is 16.5 Å². The minimum atomic E-state index is -4.60. The number of amides is 1. The highest BCUT2D eigenvalue weighted by Crippen LogP contribution is 2.48. The molecule has 1 atom stereocenters. The first kappa shape index (κ1) is 29.8. The molecule has 42 heavy (non-hydrogen) atoms. The van der Waals surface area contributed by atoms with Gasteiger partial charge in [-0.3, -0.25) is 9.79 Å². The average molecular weight is 588 g/mol. The molecule has 1 heterocycles. The molecule has 0 spiro atoms. The smallest absolute Gasteiger partial charge is 0.422 e. The normalized spacial score (nSPS) is 14.3. The third-order valence-corrected chi connectivity index (χ3v) is 6.15. The van der Waals surface area contributed by atoms with Crippen LogP contribution in [-0.2, 0) is 10.3 Å². The maximum Gasteiger partial charge on any atom is 0.422 e. The number of halogens is 3. The van der Waals surface area contributed by atoms with Crippen molar-refractivity contribution in [3.05, 3.63) is 65.2 Å². The zero-order valence-electron chi connectivity index (χ0n) is 22.3. The Hall–Kier alpha value is -5.15. The van der Waals surface area contributed by atoms with Gasteiger partial charge in [0.05, 0.1) is 12.1 Å². The number of alkyl halides is 3. The fraction of sp³-hybridized carbons (Fsp3) is 0.308. The summed E-state index contributed by atoms with van der Waals surface area (Å²) in [5.41, 5.74) is 12.5.